The van der Waals surface area contributed by atoms with Gasteiger partial charge in [-0.05, 0) is 22.9 Å². The lowest BCUT2D eigenvalue weighted by Crippen LogP contribution is -2.36. The van der Waals surface area contributed by atoms with Gasteiger partial charge in [-0.2, -0.15) is 0 Å². The van der Waals surface area contributed by atoms with Gasteiger partial charge in [-0.15, -0.1) is 0 Å². The molecule has 0 saturated carbocycles. The lowest BCUT2D eigenvalue weighted by atomic mass is 9.85. The molecule has 1 aromatic carbocycles. The molecule has 0 amide bonds. The van der Waals surface area contributed by atoms with Crippen LogP contribution in [0.15, 0.2) is 30.3 Å². The van der Waals surface area contributed by atoms with E-state index in [1.54, 1.807) is 0 Å². The normalized spacial score (nSPS) is 14.2. The summed E-state index contributed by atoms with van der Waals surface area (Å²) in [5, 5.41) is 1.26. The molecule has 1 heterocycles. The number of H-pyrrole nitrogens is 1. The second kappa shape index (κ2) is 3.95. The molecule has 2 heteroatoms. The molecule has 0 radical (unpaired) electrons. The number of rotatable bonds is 2. The van der Waals surface area contributed by atoms with Gasteiger partial charge in [0.2, 0.25) is 0 Å². The molecule has 1 atom stereocenters. The highest BCUT2D eigenvalue weighted by Gasteiger charge is 2.21. The van der Waals surface area contributed by atoms with E-state index < -0.39 is 0 Å². The Morgan fingerprint density at radius 3 is 2.56 bits per heavy atom. The van der Waals surface area contributed by atoms with Gasteiger partial charge in [-0.25, -0.2) is 0 Å². The second-order valence-electron chi connectivity index (χ2n) is 5.56. The molecule has 16 heavy (non-hydrogen) atoms. The molecule has 2 nitrogen and oxygen atoms in total. The number of aromatic nitrogens is 1. The minimum absolute atomic E-state index is 0.150. The number of nitrogens with two attached hydrogens (primary N) is 1. The Morgan fingerprint density at radius 1 is 1.25 bits per heavy atom. The molecule has 0 aliphatic carbocycles. The molecule has 1 aromatic heterocycles. The van der Waals surface area contributed by atoms with Crippen LogP contribution in [0.5, 0.6) is 0 Å². The maximum absolute atomic E-state index is 6.18. The molecule has 1 unspecified atom stereocenters. The summed E-state index contributed by atoms with van der Waals surface area (Å²) in [7, 11) is 0. The van der Waals surface area contributed by atoms with Crippen molar-refractivity contribution in [1.29, 1.82) is 0 Å². The predicted octanol–water partition coefficient (Wildman–Crippen LogP) is 3.08. The van der Waals surface area contributed by atoms with Crippen LogP contribution in [-0.4, -0.2) is 11.0 Å². The zero-order valence-corrected chi connectivity index (χ0v) is 10.2. The number of nitrogens with one attached hydrogen (secondary N) is 1. The van der Waals surface area contributed by atoms with E-state index in [9.17, 15) is 0 Å². The third kappa shape index (κ3) is 2.27. The lowest BCUT2D eigenvalue weighted by molar-refractivity contribution is 0.317. The quantitative estimate of drug-likeness (QED) is 0.796. The fourth-order valence-electron chi connectivity index (χ4n) is 1.79. The molecule has 86 valence electrons. The Kier molecular flexibility index (Phi) is 2.76. The number of benzene rings is 1. The number of aromatic amines is 1. The Balaban J connectivity index is 2.22. The van der Waals surface area contributed by atoms with Crippen LogP contribution >= 0.6 is 0 Å². The first-order valence-corrected chi connectivity index (χ1v) is 5.79. The Hall–Kier alpha value is -1.28. The fraction of sp³-hybridized carbons (Fsp3) is 0.429. The third-order valence-electron chi connectivity index (χ3n) is 3.14. The van der Waals surface area contributed by atoms with Crippen LogP contribution in [0.2, 0.25) is 0 Å². The molecule has 0 spiro atoms. The van der Waals surface area contributed by atoms with E-state index in [2.05, 4.69) is 50.0 Å². The van der Waals surface area contributed by atoms with E-state index in [0.717, 1.165) is 6.42 Å². The summed E-state index contributed by atoms with van der Waals surface area (Å²) >= 11 is 0. The van der Waals surface area contributed by atoms with Crippen molar-refractivity contribution in [2.24, 2.45) is 11.1 Å². The first kappa shape index (κ1) is 11.2. The number of hydrogen-bond acceptors (Lipinski definition) is 1. The Bertz CT molecular complexity index is 444. The SMILES string of the molecule is CC(C)(C)C(N)Cc1cc2ccccc2[nH]1. The topological polar surface area (TPSA) is 41.8 Å². The van der Waals surface area contributed by atoms with E-state index in [4.69, 9.17) is 5.73 Å². The zero-order chi connectivity index (χ0) is 11.8. The van der Waals surface area contributed by atoms with Gasteiger partial charge < -0.3 is 10.7 Å². The number of para-hydroxylation sites is 1. The van der Waals surface area contributed by atoms with Gasteiger partial charge in [0, 0.05) is 23.7 Å². The van der Waals surface area contributed by atoms with Crippen molar-refractivity contribution in [2.75, 3.05) is 0 Å². The molecule has 0 bridgehead atoms. The summed E-state index contributed by atoms with van der Waals surface area (Å²) in [4.78, 5) is 3.42. The molecule has 2 rings (SSSR count). The lowest BCUT2D eigenvalue weighted by Gasteiger charge is -2.26. The summed E-state index contributed by atoms with van der Waals surface area (Å²) in [6.07, 6.45) is 0.901. The van der Waals surface area contributed by atoms with Crippen LogP contribution in [0.4, 0.5) is 0 Å². The molecule has 0 saturated heterocycles. The van der Waals surface area contributed by atoms with E-state index in [1.165, 1.54) is 16.6 Å². The van der Waals surface area contributed by atoms with Crippen molar-refractivity contribution in [3.63, 3.8) is 0 Å². The molecule has 2 aromatic rings. The Labute approximate surface area is 96.9 Å². The van der Waals surface area contributed by atoms with Crippen molar-refractivity contribution in [3.05, 3.63) is 36.0 Å². The highest BCUT2D eigenvalue weighted by Crippen LogP contribution is 2.22. The van der Waals surface area contributed by atoms with Gasteiger partial charge in [0.15, 0.2) is 0 Å². The summed E-state index contributed by atoms with van der Waals surface area (Å²) in [5.74, 6) is 0. The summed E-state index contributed by atoms with van der Waals surface area (Å²) in [6.45, 7) is 6.54. The van der Waals surface area contributed by atoms with Crippen molar-refractivity contribution < 1.29 is 0 Å². The van der Waals surface area contributed by atoms with Crippen molar-refractivity contribution >= 4 is 10.9 Å². The van der Waals surface area contributed by atoms with Gasteiger partial charge in [0.1, 0.15) is 0 Å². The van der Waals surface area contributed by atoms with Gasteiger partial charge in [0.25, 0.3) is 0 Å². The molecule has 0 aliphatic rings. The first-order valence-electron chi connectivity index (χ1n) is 5.79. The maximum atomic E-state index is 6.18. The first-order chi connectivity index (χ1) is 7.47. The standard InChI is InChI=1S/C14H20N2/c1-14(2,3)13(15)9-11-8-10-6-4-5-7-12(10)16-11/h4-8,13,16H,9,15H2,1-3H3. The van der Waals surface area contributed by atoms with Crippen molar-refractivity contribution in [3.8, 4) is 0 Å². The van der Waals surface area contributed by atoms with Crippen molar-refractivity contribution in [2.45, 2.75) is 33.2 Å². The number of hydrogen-bond donors (Lipinski definition) is 2. The van der Waals surface area contributed by atoms with Gasteiger partial charge in [-0.1, -0.05) is 39.0 Å². The molecular formula is C14H20N2. The zero-order valence-electron chi connectivity index (χ0n) is 10.2. The van der Waals surface area contributed by atoms with Crippen LogP contribution in [0.1, 0.15) is 26.5 Å². The van der Waals surface area contributed by atoms with Crippen LogP contribution in [-0.2, 0) is 6.42 Å². The molecule has 0 fully saturated rings. The summed E-state index contributed by atoms with van der Waals surface area (Å²) < 4.78 is 0. The molecule has 3 N–H and O–H groups in total. The van der Waals surface area contributed by atoms with E-state index >= 15 is 0 Å². The minimum Gasteiger partial charge on any atom is -0.358 e. The van der Waals surface area contributed by atoms with E-state index in [1.807, 2.05) is 6.07 Å². The Morgan fingerprint density at radius 2 is 1.94 bits per heavy atom. The highest BCUT2D eigenvalue weighted by atomic mass is 14.7. The highest BCUT2D eigenvalue weighted by molar-refractivity contribution is 5.80. The maximum Gasteiger partial charge on any atom is 0.0456 e. The third-order valence-corrected chi connectivity index (χ3v) is 3.14. The second-order valence-corrected chi connectivity index (χ2v) is 5.56. The average Bonchev–Trinajstić information content (AvgIpc) is 2.58. The monoisotopic (exact) mass is 216 g/mol. The van der Waals surface area contributed by atoms with Crippen molar-refractivity contribution in [1.82, 2.24) is 4.98 Å². The number of fused-ring (bicyclic) bond motifs is 1. The van der Waals surface area contributed by atoms with Gasteiger partial charge in [-0.3, -0.25) is 0 Å². The average molecular weight is 216 g/mol. The van der Waals surface area contributed by atoms with E-state index in [-0.39, 0.29) is 11.5 Å². The van der Waals surface area contributed by atoms with Gasteiger partial charge >= 0.3 is 0 Å². The smallest absolute Gasteiger partial charge is 0.0456 e. The van der Waals surface area contributed by atoms with Crippen LogP contribution < -0.4 is 5.73 Å². The summed E-state index contributed by atoms with van der Waals surface area (Å²) in [5.41, 5.74) is 8.75. The van der Waals surface area contributed by atoms with Crippen LogP contribution in [0.25, 0.3) is 10.9 Å². The van der Waals surface area contributed by atoms with E-state index in [0.29, 0.717) is 0 Å². The molecule has 0 aliphatic heterocycles. The fourth-order valence-corrected chi connectivity index (χ4v) is 1.79. The largest absolute Gasteiger partial charge is 0.358 e. The summed E-state index contributed by atoms with van der Waals surface area (Å²) in [6, 6.07) is 10.7. The van der Waals surface area contributed by atoms with Crippen LogP contribution in [0, 0.1) is 5.41 Å². The molecular weight excluding hydrogens is 196 g/mol. The van der Waals surface area contributed by atoms with Crippen LogP contribution in [0.3, 0.4) is 0 Å². The minimum atomic E-state index is 0.150. The predicted molar refractivity (Wildman–Crippen MR) is 69.4 cm³/mol. The van der Waals surface area contributed by atoms with Gasteiger partial charge in [0.05, 0.1) is 0 Å².